The van der Waals surface area contributed by atoms with Crippen LogP contribution in [0.25, 0.3) is 22.3 Å². The van der Waals surface area contributed by atoms with Gasteiger partial charge in [0.1, 0.15) is 5.41 Å². The predicted octanol–water partition coefficient (Wildman–Crippen LogP) is 19.6. The average molecular weight is 1270 g/mol. The number of hydrogen-bond donors (Lipinski definition) is 2. The van der Waals surface area contributed by atoms with Crippen LogP contribution in [0.4, 0.5) is 0 Å². The Labute approximate surface area is 486 Å². The van der Waals surface area contributed by atoms with Crippen LogP contribution in [0, 0.1) is 0 Å². The van der Waals surface area contributed by atoms with Crippen molar-refractivity contribution in [2.24, 2.45) is 0 Å². The van der Waals surface area contributed by atoms with E-state index in [4.69, 9.17) is 0 Å². The van der Waals surface area contributed by atoms with Crippen LogP contribution in [0.2, 0.25) is 0 Å². The van der Waals surface area contributed by atoms with Crippen molar-refractivity contribution in [3.8, 4) is 22.3 Å². The van der Waals surface area contributed by atoms with Crippen molar-refractivity contribution in [2.45, 2.75) is 129 Å². The van der Waals surface area contributed by atoms with Crippen LogP contribution in [0.1, 0.15) is 162 Å². The van der Waals surface area contributed by atoms with Gasteiger partial charge in [-0.2, -0.15) is 0 Å². The zero-order valence-electron chi connectivity index (χ0n) is 45.0. The topological polar surface area (TPSA) is 57.5 Å². The van der Waals surface area contributed by atoms with Gasteiger partial charge in [0.2, 0.25) is 0 Å². The number of carbonyl (C=O) groups excluding carboxylic acids is 1. The first-order chi connectivity index (χ1) is 35.0. The summed E-state index contributed by atoms with van der Waals surface area (Å²) >= 11 is 14.6. The molecule has 0 aromatic heterocycles. The van der Waals surface area contributed by atoms with Crippen LogP contribution in [-0.4, -0.2) is 16.0 Å². The number of hydrogen-bond acceptors (Lipinski definition) is 3. The molecule has 0 spiro atoms. The van der Waals surface area contributed by atoms with Crippen molar-refractivity contribution in [3.05, 3.63) is 255 Å². The number of fused-ring (bicyclic) bond motifs is 6. The molecule has 0 fully saturated rings. The molecule has 2 atom stereocenters. The fourth-order valence-corrected chi connectivity index (χ4v) is 12.6. The summed E-state index contributed by atoms with van der Waals surface area (Å²) in [5, 5.41) is 26.1. The fraction of sp³-hybridized carbons (Fsp3) is 0.290. The monoisotopic (exact) mass is 1260 g/mol. The number of aliphatic hydroxyl groups is 2. The Bertz CT molecular complexity index is 3300. The van der Waals surface area contributed by atoms with Gasteiger partial charge >= 0.3 is 0 Å². The van der Waals surface area contributed by atoms with Gasteiger partial charge in [0, 0.05) is 34.6 Å². The minimum Gasteiger partial charge on any atom is -0.377 e. The Morgan fingerprint density at radius 2 is 0.566 bits per heavy atom. The van der Waals surface area contributed by atoms with E-state index in [-0.39, 0.29) is 34.9 Å². The molecular formula is C69H70Br4O3. The lowest BCUT2D eigenvalue weighted by atomic mass is 9.60. The van der Waals surface area contributed by atoms with Gasteiger partial charge in [-0.3, -0.25) is 4.79 Å². The summed E-state index contributed by atoms with van der Waals surface area (Å²) < 4.78 is 3.54. The molecule has 0 amide bonds. The molecule has 3 nitrogen and oxygen atoms in total. The van der Waals surface area contributed by atoms with Gasteiger partial charge < -0.3 is 10.2 Å². The summed E-state index contributed by atoms with van der Waals surface area (Å²) in [6, 6.07) is 57.7. The zero-order chi connectivity index (χ0) is 54.4. The lowest BCUT2D eigenvalue weighted by Crippen LogP contribution is -2.53. The van der Waals surface area contributed by atoms with Gasteiger partial charge in [-0.15, -0.1) is 0 Å². The van der Waals surface area contributed by atoms with Gasteiger partial charge in [-0.05, 0) is 143 Å². The van der Waals surface area contributed by atoms with Gasteiger partial charge in [0.25, 0.3) is 0 Å². The molecule has 2 aliphatic rings. The fourth-order valence-electron chi connectivity index (χ4n) is 11.1. The summed E-state index contributed by atoms with van der Waals surface area (Å²) in [5.41, 5.74) is 10.5. The lowest BCUT2D eigenvalue weighted by Gasteiger charge is -2.50. The third kappa shape index (κ3) is 9.93. The van der Waals surface area contributed by atoms with E-state index >= 15 is 0 Å². The SMILES string of the molecule is C.CC(C)(C)c1ccc(C2(O)c3cc(Br)ccc3-c3ccc(Br)cc3C2(O)c2ccc(C(C)(C)C)cc2)cc1.CC(C)(C)c1ccc(C2(c3ccc(C(C)(C)C)cc3)C(=O)c3cc(Br)ccc3-c3ccc(Br)cc32)cc1. The number of ketones is 1. The summed E-state index contributed by atoms with van der Waals surface area (Å²) in [7, 11) is 0. The van der Waals surface area contributed by atoms with Crippen molar-refractivity contribution in [1.82, 2.24) is 0 Å². The molecule has 0 saturated heterocycles. The van der Waals surface area contributed by atoms with Crippen molar-refractivity contribution in [1.29, 1.82) is 0 Å². The molecule has 2 aliphatic carbocycles. The molecule has 0 saturated carbocycles. The van der Waals surface area contributed by atoms with E-state index in [1.807, 2.05) is 72.8 Å². The van der Waals surface area contributed by atoms with Crippen LogP contribution in [0.15, 0.2) is 188 Å². The van der Waals surface area contributed by atoms with Gasteiger partial charge in [0.15, 0.2) is 17.0 Å². The molecule has 0 radical (unpaired) electrons. The van der Waals surface area contributed by atoms with Crippen molar-refractivity contribution in [2.75, 3.05) is 0 Å². The molecule has 2 unspecified atom stereocenters. The first-order valence-corrected chi connectivity index (χ1v) is 28.8. The Morgan fingerprint density at radius 3 is 0.868 bits per heavy atom. The van der Waals surface area contributed by atoms with E-state index in [2.05, 4.69) is 244 Å². The molecule has 76 heavy (non-hydrogen) atoms. The molecular weight excluding hydrogens is 1200 g/mol. The lowest BCUT2D eigenvalue weighted by molar-refractivity contribution is -0.114. The summed E-state index contributed by atoms with van der Waals surface area (Å²) in [5.74, 6) is 0.0985. The molecule has 10 rings (SSSR count). The second-order valence-electron chi connectivity index (χ2n) is 24.6. The van der Waals surface area contributed by atoms with E-state index in [9.17, 15) is 15.0 Å². The summed E-state index contributed by atoms with van der Waals surface area (Å²) in [6.45, 7) is 26.3. The molecule has 8 aromatic rings. The van der Waals surface area contributed by atoms with E-state index in [0.29, 0.717) is 22.3 Å². The van der Waals surface area contributed by atoms with E-state index in [1.54, 1.807) is 0 Å². The summed E-state index contributed by atoms with van der Waals surface area (Å²) in [4.78, 5) is 14.9. The minimum atomic E-state index is -1.76. The maximum absolute atomic E-state index is 14.9. The second-order valence-corrected chi connectivity index (χ2v) is 28.2. The van der Waals surface area contributed by atoms with E-state index in [0.717, 1.165) is 73.5 Å². The third-order valence-electron chi connectivity index (χ3n) is 15.5. The largest absolute Gasteiger partial charge is 0.377 e. The van der Waals surface area contributed by atoms with Crippen LogP contribution in [-0.2, 0) is 38.3 Å². The maximum atomic E-state index is 14.9. The minimum absolute atomic E-state index is 0. The molecule has 0 aliphatic heterocycles. The smallest absolute Gasteiger partial charge is 0.182 e. The molecule has 7 heteroatoms. The average Bonchev–Trinajstić information content (AvgIpc) is 3.36. The number of rotatable bonds is 4. The highest BCUT2D eigenvalue weighted by atomic mass is 79.9. The first kappa shape index (κ1) is 57.4. The van der Waals surface area contributed by atoms with Crippen molar-refractivity contribution < 1.29 is 15.0 Å². The Morgan fingerprint density at radius 1 is 0.316 bits per heavy atom. The van der Waals surface area contributed by atoms with Crippen LogP contribution in [0.5, 0.6) is 0 Å². The number of halogens is 4. The van der Waals surface area contributed by atoms with E-state index < -0.39 is 16.6 Å². The van der Waals surface area contributed by atoms with Crippen LogP contribution >= 0.6 is 63.7 Å². The highest BCUT2D eigenvalue weighted by Gasteiger charge is 2.59. The van der Waals surface area contributed by atoms with Crippen LogP contribution in [0.3, 0.4) is 0 Å². The van der Waals surface area contributed by atoms with Crippen molar-refractivity contribution >= 4 is 69.5 Å². The number of Topliss-reactive ketones (excluding diaryl/α,β-unsaturated/α-hetero) is 1. The Balaban J connectivity index is 0.000000199. The predicted molar refractivity (Wildman–Crippen MR) is 332 cm³/mol. The highest BCUT2D eigenvalue weighted by molar-refractivity contribution is 9.11. The molecule has 392 valence electrons. The molecule has 8 aromatic carbocycles. The quantitative estimate of drug-likeness (QED) is 0.185. The zero-order valence-corrected chi connectivity index (χ0v) is 51.3. The van der Waals surface area contributed by atoms with E-state index in [1.165, 1.54) is 11.1 Å². The normalized spacial score (nSPS) is 17.7. The standard InChI is InChI=1S/C34H34Br2O2.C34H32Br2O.CH4/c1-31(2,3)21-7-11-23(12-8-21)33(37)29-19-25(35)15-17-27(29)28-18-16-26(36)20-30(28)34(33,38)24-13-9-22(10-14-24)32(4,5)6;1-32(2,3)21-7-11-23(12-8-21)34(24-13-9-22(10-14-24)33(4,5)6)30-20-26(36)16-18-28(30)27-17-15-25(35)19-29(27)31(34)37;/h7-20,37-38H,1-6H3;7-20H,1-6H3;1H4. The third-order valence-corrected chi connectivity index (χ3v) is 17.5. The molecule has 2 N–H and O–H groups in total. The summed E-state index contributed by atoms with van der Waals surface area (Å²) in [6.07, 6.45) is 0. The molecule has 0 heterocycles. The maximum Gasteiger partial charge on any atom is 0.182 e. The van der Waals surface area contributed by atoms with Gasteiger partial charge in [-0.1, -0.05) is 276 Å². The van der Waals surface area contributed by atoms with Gasteiger partial charge in [-0.25, -0.2) is 0 Å². The Hall–Kier alpha value is -4.73. The Kier molecular flexibility index (Phi) is 15.5. The number of carbonyl (C=O) groups is 1. The van der Waals surface area contributed by atoms with Crippen LogP contribution < -0.4 is 0 Å². The van der Waals surface area contributed by atoms with Crippen molar-refractivity contribution in [3.63, 3.8) is 0 Å². The first-order valence-electron chi connectivity index (χ1n) is 25.6. The highest BCUT2D eigenvalue weighted by Crippen LogP contribution is 2.59. The number of benzene rings is 8. The van der Waals surface area contributed by atoms with Gasteiger partial charge in [0.05, 0.1) is 0 Å². The second kappa shape index (κ2) is 20.5. The molecule has 0 bridgehead atoms.